The summed E-state index contributed by atoms with van der Waals surface area (Å²) >= 11 is 5.66. The van der Waals surface area contributed by atoms with Gasteiger partial charge in [-0.25, -0.2) is 9.37 Å². The first kappa shape index (κ1) is 11.1. The molecule has 3 nitrogen and oxygen atoms in total. The van der Waals surface area contributed by atoms with E-state index in [4.69, 9.17) is 11.6 Å². The number of pyridine rings is 1. The molecule has 0 fully saturated rings. The molecule has 0 atom stereocenters. The van der Waals surface area contributed by atoms with Crippen molar-refractivity contribution in [2.75, 3.05) is 20.6 Å². The monoisotopic (exact) mass is 216 g/mol. The summed E-state index contributed by atoms with van der Waals surface area (Å²) < 4.78 is 12.8. The number of carbonyl (C=O) groups excluding carboxylic acids is 1. The Labute approximate surface area is 86.5 Å². The van der Waals surface area contributed by atoms with Gasteiger partial charge >= 0.3 is 0 Å². The molecule has 0 saturated carbocycles. The van der Waals surface area contributed by atoms with Crippen molar-refractivity contribution >= 4 is 17.4 Å². The maximum atomic E-state index is 12.8. The van der Waals surface area contributed by atoms with Crippen molar-refractivity contribution in [1.82, 2.24) is 9.88 Å². The molecule has 1 heterocycles. The molecule has 0 amide bonds. The molecule has 1 aromatic heterocycles. The summed E-state index contributed by atoms with van der Waals surface area (Å²) in [5.41, 5.74) is 0.125. The average molecular weight is 217 g/mol. The zero-order valence-corrected chi connectivity index (χ0v) is 8.68. The first-order valence-corrected chi connectivity index (χ1v) is 4.37. The smallest absolute Gasteiger partial charge is 0.179 e. The molecule has 0 aliphatic heterocycles. The van der Waals surface area contributed by atoms with Gasteiger partial charge in [0.2, 0.25) is 0 Å². The lowest BCUT2D eigenvalue weighted by Gasteiger charge is -2.08. The van der Waals surface area contributed by atoms with Crippen molar-refractivity contribution in [3.8, 4) is 0 Å². The van der Waals surface area contributed by atoms with E-state index in [0.29, 0.717) is 0 Å². The average Bonchev–Trinajstić information content (AvgIpc) is 2.08. The number of halogens is 2. The summed E-state index contributed by atoms with van der Waals surface area (Å²) in [4.78, 5) is 16.7. The van der Waals surface area contributed by atoms with Crippen LogP contribution in [0.4, 0.5) is 4.39 Å². The summed E-state index contributed by atoms with van der Waals surface area (Å²) in [7, 11) is 3.50. The highest BCUT2D eigenvalue weighted by Crippen LogP contribution is 2.14. The molecule has 0 unspecified atom stereocenters. The minimum Gasteiger partial charge on any atom is -0.302 e. The van der Waals surface area contributed by atoms with Crippen molar-refractivity contribution in [3.05, 3.63) is 28.8 Å². The molecule has 0 aromatic carbocycles. The van der Waals surface area contributed by atoms with Crippen molar-refractivity contribution in [3.63, 3.8) is 0 Å². The zero-order valence-electron chi connectivity index (χ0n) is 7.92. The summed E-state index contributed by atoms with van der Waals surface area (Å²) in [5.74, 6) is -0.802. The topological polar surface area (TPSA) is 33.2 Å². The Kier molecular flexibility index (Phi) is 3.55. The van der Waals surface area contributed by atoms with Gasteiger partial charge in [-0.1, -0.05) is 11.6 Å². The Morgan fingerprint density at radius 2 is 2.29 bits per heavy atom. The van der Waals surface area contributed by atoms with Crippen LogP contribution in [0.3, 0.4) is 0 Å². The zero-order chi connectivity index (χ0) is 10.7. The second-order valence-corrected chi connectivity index (χ2v) is 3.51. The van der Waals surface area contributed by atoms with Crippen LogP contribution in [-0.4, -0.2) is 36.3 Å². The Hall–Kier alpha value is -1.00. The third-order valence-electron chi connectivity index (χ3n) is 1.57. The minimum atomic E-state index is -0.559. The fourth-order valence-electron chi connectivity index (χ4n) is 0.991. The van der Waals surface area contributed by atoms with Crippen LogP contribution >= 0.6 is 11.6 Å². The van der Waals surface area contributed by atoms with Gasteiger partial charge in [-0.15, -0.1) is 0 Å². The summed E-state index contributed by atoms with van der Waals surface area (Å²) in [6.45, 7) is 0.185. The molecule has 5 heteroatoms. The van der Waals surface area contributed by atoms with Gasteiger partial charge in [0.25, 0.3) is 0 Å². The van der Waals surface area contributed by atoms with Gasteiger partial charge in [0.1, 0.15) is 11.0 Å². The molecular formula is C9H10ClFN2O. The van der Waals surface area contributed by atoms with Crippen LogP contribution in [0.15, 0.2) is 12.3 Å². The van der Waals surface area contributed by atoms with Crippen molar-refractivity contribution in [2.45, 2.75) is 0 Å². The van der Waals surface area contributed by atoms with Crippen LogP contribution in [0.5, 0.6) is 0 Å². The first-order valence-electron chi connectivity index (χ1n) is 3.99. The van der Waals surface area contributed by atoms with Gasteiger partial charge in [0.15, 0.2) is 5.78 Å². The van der Waals surface area contributed by atoms with Crippen LogP contribution in [0.25, 0.3) is 0 Å². The van der Waals surface area contributed by atoms with E-state index in [2.05, 4.69) is 4.98 Å². The van der Waals surface area contributed by atoms with Crippen molar-refractivity contribution in [2.24, 2.45) is 0 Å². The molecular weight excluding hydrogens is 207 g/mol. The number of aromatic nitrogens is 1. The Morgan fingerprint density at radius 1 is 1.64 bits per heavy atom. The molecule has 1 aromatic rings. The third-order valence-corrected chi connectivity index (χ3v) is 1.87. The van der Waals surface area contributed by atoms with E-state index in [1.807, 2.05) is 0 Å². The molecule has 14 heavy (non-hydrogen) atoms. The minimum absolute atomic E-state index is 0.0400. The Balaban J connectivity index is 2.94. The van der Waals surface area contributed by atoms with Crippen LogP contribution < -0.4 is 0 Å². The number of carbonyl (C=O) groups is 1. The van der Waals surface area contributed by atoms with E-state index in [1.165, 1.54) is 0 Å². The maximum Gasteiger partial charge on any atom is 0.179 e. The summed E-state index contributed by atoms with van der Waals surface area (Å²) in [6.07, 6.45) is 0.981. The van der Waals surface area contributed by atoms with Crippen LogP contribution in [0.2, 0.25) is 5.15 Å². The lowest BCUT2D eigenvalue weighted by Crippen LogP contribution is -2.22. The second kappa shape index (κ2) is 4.48. The molecule has 76 valence electrons. The van der Waals surface area contributed by atoms with E-state index in [0.717, 1.165) is 12.3 Å². The number of likely N-dealkylation sites (N-methyl/N-ethyl adjacent to an activating group) is 1. The van der Waals surface area contributed by atoms with Gasteiger partial charge in [0, 0.05) is 0 Å². The van der Waals surface area contributed by atoms with Crippen LogP contribution in [-0.2, 0) is 0 Å². The van der Waals surface area contributed by atoms with Crippen LogP contribution in [0.1, 0.15) is 10.4 Å². The van der Waals surface area contributed by atoms with Gasteiger partial charge in [-0.05, 0) is 20.2 Å². The molecule has 0 aliphatic rings. The highest BCUT2D eigenvalue weighted by atomic mass is 35.5. The molecule has 0 radical (unpaired) electrons. The van der Waals surface area contributed by atoms with E-state index in [-0.39, 0.29) is 23.0 Å². The van der Waals surface area contributed by atoms with Gasteiger partial charge in [-0.2, -0.15) is 0 Å². The Morgan fingerprint density at radius 3 is 2.86 bits per heavy atom. The molecule has 0 bridgehead atoms. The molecule has 0 aliphatic carbocycles. The number of nitrogens with zero attached hydrogens (tertiary/aromatic N) is 2. The normalized spacial score (nSPS) is 10.6. The van der Waals surface area contributed by atoms with Gasteiger partial charge in [0.05, 0.1) is 18.3 Å². The molecule has 0 spiro atoms. The molecule has 0 saturated heterocycles. The first-order chi connectivity index (χ1) is 6.50. The Bertz CT molecular complexity index is 355. The molecule has 0 N–H and O–H groups in total. The number of ketones is 1. The fraction of sp³-hybridized carbons (Fsp3) is 0.333. The maximum absolute atomic E-state index is 12.8. The van der Waals surface area contributed by atoms with Gasteiger partial charge in [-0.3, -0.25) is 4.79 Å². The summed E-state index contributed by atoms with van der Waals surface area (Å²) in [6, 6.07) is 1.10. The highest BCUT2D eigenvalue weighted by molar-refractivity contribution is 6.32. The van der Waals surface area contributed by atoms with E-state index >= 15 is 0 Å². The highest BCUT2D eigenvalue weighted by Gasteiger charge is 2.13. The predicted octanol–water partition coefficient (Wildman–Crippen LogP) is 1.62. The number of rotatable bonds is 3. The second-order valence-electron chi connectivity index (χ2n) is 3.15. The molecule has 1 rings (SSSR count). The lowest BCUT2D eigenvalue weighted by atomic mass is 10.2. The summed E-state index contributed by atoms with van der Waals surface area (Å²) in [5, 5.41) is 0.0400. The predicted molar refractivity (Wildman–Crippen MR) is 52.1 cm³/mol. The van der Waals surface area contributed by atoms with Crippen molar-refractivity contribution in [1.29, 1.82) is 0 Å². The largest absolute Gasteiger partial charge is 0.302 e. The van der Waals surface area contributed by atoms with Crippen molar-refractivity contribution < 1.29 is 9.18 Å². The standard InChI is InChI=1S/C9H10ClFN2O/c1-13(2)5-8(14)7-3-6(11)4-12-9(7)10/h3-4H,5H2,1-2H3. The quantitative estimate of drug-likeness (QED) is 0.569. The van der Waals surface area contributed by atoms with Gasteiger partial charge < -0.3 is 4.90 Å². The van der Waals surface area contributed by atoms with E-state index in [1.54, 1.807) is 19.0 Å². The van der Waals surface area contributed by atoms with Crippen LogP contribution in [0, 0.1) is 5.82 Å². The number of hydrogen-bond acceptors (Lipinski definition) is 3. The number of Topliss-reactive ketones (excluding diaryl/α,β-unsaturated/α-hetero) is 1. The SMILES string of the molecule is CN(C)CC(=O)c1cc(F)cnc1Cl. The van der Waals surface area contributed by atoms with E-state index in [9.17, 15) is 9.18 Å². The third kappa shape index (κ3) is 2.75. The van der Waals surface area contributed by atoms with E-state index < -0.39 is 5.82 Å². The number of hydrogen-bond donors (Lipinski definition) is 0. The fourth-order valence-corrected chi connectivity index (χ4v) is 1.20. The lowest BCUT2D eigenvalue weighted by molar-refractivity contribution is 0.0957.